The zero-order chi connectivity index (χ0) is 29.4. The predicted octanol–water partition coefficient (Wildman–Crippen LogP) is 6.78. The maximum absolute atomic E-state index is 15.6. The summed E-state index contributed by atoms with van der Waals surface area (Å²) in [6, 6.07) is 27.1. The summed E-state index contributed by atoms with van der Waals surface area (Å²) in [6.07, 6.45) is 0. The fourth-order valence-corrected chi connectivity index (χ4v) is 5.41. The van der Waals surface area contributed by atoms with Crippen LogP contribution >= 0.6 is 0 Å². The zero-order valence-electron chi connectivity index (χ0n) is 22.8. The highest BCUT2D eigenvalue weighted by Crippen LogP contribution is 2.39. The first-order chi connectivity index (χ1) is 20.3. The summed E-state index contributed by atoms with van der Waals surface area (Å²) in [6.45, 7) is 0.896. The lowest BCUT2D eigenvalue weighted by molar-refractivity contribution is 0.0696. The first kappa shape index (κ1) is 27.1. The van der Waals surface area contributed by atoms with E-state index in [4.69, 9.17) is 5.11 Å². The molecule has 5 aromatic rings. The van der Waals surface area contributed by atoms with Crippen LogP contribution in [0, 0.1) is 11.6 Å². The Labute approximate surface area is 241 Å². The highest BCUT2D eigenvalue weighted by Gasteiger charge is 2.31. The van der Waals surface area contributed by atoms with Crippen LogP contribution in [0.1, 0.15) is 37.4 Å². The molecular weight excluding hydrogens is 536 g/mol. The standard InChI is InChI=1S/C34H27F2N3O3/c1-38-19-27-16-26(22-12-14-28(35)15-13-22)17-30(33(40)37-18-21-6-8-24(9-7-21)34(41)42)32(27)39(38)20-25-11-10-23-4-2-3-5-29(23)31(25)36/h2-17H,18-20H2,1H3,(H,37,40)(H,41,42). The highest BCUT2D eigenvalue weighted by molar-refractivity contribution is 6.02. The molecule has 0 saturated carbocycles. The van der Waals surface area contributed by atoms with E-state index in [2.05, 4.69) is 5.32 Å². The molecule has 6 nitrogen and oxygen atoms in total. The van der Waals surface area contributed by atoms with Crippen LogP contribution in [-0.4, -0.2) is 29.0 Å². The van der Waals surface area contributed by atoms with Gasteiger partial charge in [0.2, 0.25) is 0 Å². The lowest BCUT2D eigenvalue weighted by Gasteiger charge is -2.29. The van der Waals surface area contributed by atoms with Gasteiger partial charge in [-0.1, -0.05) is 60.7 Å². The van der Waals surface area contributed by atoms with Crippen molar-refractivity contribution >= 4 is 28.3 Å². The molecule has 42 heavy (non-hydrogen) atoms. The number of anilines is 1. The summed E-state index contributed by atoms with van der Waals surface area (Å²) in [7, 11) is 1.89. The van der Waals surface area contributed by atoms with Crippen LogP contribution in [0.5, 0.6) is 0 Å². The second kappa shape index (κ2) is 11.1. The van der Waals surface area contributed by atoms with Crippen molar-refractivity contribution in [2.45, 2.75) is 19.6 Å². The number of carboxylic acids is 1. The van der Waals surface area contributed by atoms with Crippen molar-refractivity contribution in [2.75, 3.05) is 12.1 Å². The number of carbonyl (C=O) groups excluding carboxylic acids is 1. The molecule has 5 aromatic carbocycles. The maximum Gasteiger partial charge on any atom is 0.335 e. The Morgan fingerprint density at radius 1 is 0.881 bits per heavy atom. The second-order valence-corrected chi connectivity index (χ2v) is 10.4. The van der Waals surface area contributed by atoms with E-state index in [1.165, 1.54) is 24.3 Å². The third-order valence-corrected chi connectivity index (χ3v) is 7.60. The van der Waals surface area contributed by atoms with Gasteiger partial charge in [-0.2, -0.15) is 0 Å². The molecule has 8 heteroatoms. The average molecular weight is 564 g/mol. The monoisotopic (exact) mass is 563 g/mol. The number of fused-ring (bicyclic) bond motifs is 2. The van der Waals surface area contributed by atoms with E-state index >= 15 is 4.39 Å². The van der Waals surface area contributed by atoms with E-state index in [9.17, 15) is 14.0 Å². The van der Waals surface area contributed by atoms with Crippen molar-refractivity contribution in [1.82, 2.24) is 10.3 Å². The number of rotatable bonds is 7. The van der Waals surface area contributed by atoms with Gasteiger partial charge in [0.25, 0.3) is 5.91 Å². The number of carboxylic acid groups (broad SMARTS) is 1. The fourth-order valence-electron chi connectivity index (χ4n) is 5.41. The summed E-state index contributed by atoms with van der Waals surface area (Å²) < 4.78 is 29.3. The molecule has 2 N–H and O–H groups in total. The van der Waals surface area contributed by atoms with Gasteiger partial charge in [-0.15, -0.1) is 0 Å². The van der Waals surface area contributed by atoms with Crippen molar-refractivity contribution in [3.63, 3.8) is 0 Å². The first-order valence-electron chi connectivity index (χ1n) is 13.5. The van der Waals surface area contributed by atoms with Gasteiger partial charge in [-0.05, 0) is 64.0 Å². The number of hydrogen-bond donors (Lipinski definition) is 2. The number of benzene rings is 5. The number of hydrogen-bond acceptors (Lipinski definition) is 4. The number of nitrogens with zero attached hydrogens (tertiary/aromatic N) is 2. The molecule has 0 aromatic heterocycles. The van der Waals surface area contributed by atoms with Crippen LogP contribution < -0.4 is 10.3 Å². The molecule has 1 heterocycles. The number of hydrazine groups is 1. The van der Waals surface area contributed by atoms with Gasteiger partial charge < -0.3 is 15.4 Å². The molecule has 6 rings (SSSR count). The Bertz CT molecular complexity index is 1820. The minimum absolute atomic E-state index is 0.162. The van der Waals surface area contributed by atoms with Gasteiger partial charge in [0.15, 0.2) is 0 Å². The van der Waals surface area contributed by atoms with Crippen LogP contribution in [0.25, 0.3) is 21.9 Å². The average Bonchev–Trinajstić information content (AvgIpc) is 3.31. The van der Waals surface area contributed by atoms with Gasteiger partial charge in [0.05, 0.1) is 23.4 Å². The minimum Gasteiger partial charge on any atom is -0.478 e. The van der Waals surface area contributed by atoms with Crippen molar-refractivity contribution in [1.29, 1.82) is 0 Å². The highest BCUT2D eigenvalue weighted by atomic mass is 19.1. The van der Waals surface area contributed by atoms with Crippen LogP contribution in [0.3, 0.4) is 0 Å². The fraction of sp³-hybridized carbons (Fsp3) is 0.118. The molecular formula is C34H27F2N3O3. The van der Waals surface area contributed by atoms with E-state index < -0.39 is 5.97 Å². The third kappa shape index (κ3) is 5.20. The van der Waals surface area contributed by atoms with Gasteiger partial charge in [-0.3, -0.25) is 4.79 Å². The molecule has 0 aliphatic carbocycles. The molecule has 0 saturated heterocycles. The summed E-state index contributed by atoms with van der Waals surface area (Å²) >= 11 is 0. The normalized spacial score (nSPS) is 12.9. The van der Waals surface area contributed by atoms with Crippen molar-refractivity contribution in [3.05, 3.63) is 137 Å². The number of amides is 1. The first-order valence-corrected chi connectivity index (χ1v) is 13.5. The third-order valence-electron chi connectivity index (χ3n) is 7.60. The van der Waals surface area contributed by atoms with Crippen LogP contribution in [-0.2, 0) is 19.6 Å². The number of nitrogens with one attached hydrogen (secondary N) is 1. The largest absolute Gasteiger partial charge is 0.478 e. The number of aromatic carboxylic acids is 1. The van der Waals surface area contributed by atoms with E-state index in [1.807, 2.05) is 41.3 Å². The topological polar surface area (TPSA) is 72.9 Å². The Kier molecular flexibility index (Phi) is 7.14. The van der Waals surface area contributed by atoms with E-state index in [0.717, 1.165) is 27.6 Å². The molecule has 1 aliphatic heterocycles. The number of halogens is 2. The smallest absolute Gasteiger partial charge is 0.335 e. The molecule has 0 atom stereocenters. The molecule has 1 amide bonds. The lowest BCUT2D eigenvalue weighted by Crippen LogP contribution is -2.35. The molecule has 0 radical (unpaired) electrons. The van der Waals surface area contributed by atoms with Gasteiger partial charge in [0.1, 0.15) is 11.6 Å². The van der Waals surface area contributed by atoms with E-state index in [-0.39, 0.29) is 36.2 Å². The van der Waals surface area contributed by atoms with Gasteiger partial charge in [0, 0.05) is 31.1 Å². The molecule has 0 spiro atoms. The predicted molar refractivity (Wildman–Crippen MR) is 158 cm³/mol. The van der Waals surface area contributed by atoms with Gasteiger partial charge in [-0.25, -0.2) is 18.6 Å². The minimum atomic E-state index is -1.02. The van der Waals surface area contributed by atoms with Gasteiger partial charge >= 0.3 is 5.97 Å². The second-order valence-electron chi connectivity index (χ2n) is 10.4. The van der Waals surface area contributed by atoms with Crippen molar-refractivity contribution in [3.8, 4) is 11.1 Å². The molecule has 0 unspecified atom stereocenters. The van der Waals surface area contributed by atoms with Crippen molar-refractivity contribution < 1.29 is 23.5 Å². The molecule has 0 bridgehead atoms. The van der Waals surface area contributed by atoms with Crippen LogP contribution in [0.4, 0.5) is 14.5 Å². The summed E-state index contributed by atoms with van der Waals surface area (Å²) in [5.41, 5.74) is 4.89. The zero-order valence-corrected chi connectivity index (χ0v) is 22.8. The van der Waals surface area contributed by atoms with Crippen molar-refractivity contribution in [2.24, 2.45) is 0 Å². The van der Waals surface area contributed by atoms with Crippen LogP contribution in [0.2, 0.25) is 0 Å². The molecule has 1 aliphatic rings. The van der Waals surface area contributed by atoms with Crippen LogP contribution in [0.15, 0.2) is 97.1 Å². The lowest BCUT2D eigenvalue weighted by atomic mass is 9.97. The molecule has 210 valence electrons. The Morgan fingerprint density at radius 2 is 1.62 bits per heavy atom. The Morgan fingerprint density at radius 3 is 2.36 bits per heavy atom. The molecule has 0 fully saturated rings. The SMILES string of the molecule is CN1Cc2cc(-c3ccc(F)cc3)cc(C(=O)NCc3ccc(C(=O)O)cc3)c2N1Cc1ccc2ccccc2c1F. The Balaban J connectivity index is 1.37. The summed E-state index contributed by atoms with van der Waals surface area (Å²) in [5, 5.41) is 17.3. The summed E-state index contributed by atoms with van der Waals surface area (Å²) in [4.78, 5) is 24.9. The van der Waals surface area contributed by atoms with E-state index in [1.54, 1.807) is 48.5 Å². The maximum atomic E-state index is 15.6. The number of carbonyl (C=O) groups is 2. The quantitative estimate of drug-likeness (QED) is 0.228. The van der Waals surface area contributed by atoms with E-state index in [0.29, 0.717) is 28.7 Å². The summed E-state index contributed by atoms with van der Waals surface area (Å²) in [5.74, 6) is -2.01. The Hall–Kier alpha value is -5.08.